The first-order valence-corrected chi connectivity index (χ1v) is 8.00. The number of alkyl halides is 1. The molecule has 3 aromatic rings. The lowest BCUT2D eigenvalue weighted by atomic mass is 10.0. The fourth-order valence-electron chi connectivity index (χ4n) is 2.54. The van der Waals surface area contributed by atoms with Gasteiger partial charge in [-0.25, -0.2) is 0 Å². The number of nitrogens with zero attached hydrogens (tertiary/aromatic N) is 2. The third kappa shape index (κ3) is 2.81. The monoisotopic (exact) mass is 344 g/mol. The lowest BCUT2D eigenvalue weighted by molar-refractivity contribution is 0.293. The van der Waals surface area contributed by atoms with E-state index in [-0.39, 0.29) is 0 Å². The number of halogens is 1. The molecule has 0 aliphatic heterocycles. The van der Waals surface area contributed by atoms with Gasteiger partial charge in [0, 0.05) is 17.9 Å². The van der Waals surface area contributed by atoms with E-state index in [0.29, 0.717) is 6.61 Å². The molecule has 1 heterocycles. The number of ether oxygens (including phenoxy) is 1. The van der Waals surface area contributed by atoms with Gasteiger partial charge < -0.3 is 4.74 Å². The Kier molecular flexibility index (Phi) is 3.97. The molecular weight excluding hydrogens is 328 g/mol. The molecule has 0 saturated heterocycles. The standard InChI is InChI=1S/C17H17BrN2O/c1-12-9-14(20(2)19-12)11-21-17-8-7-13-5-3-4-6-15(13)16(17)10-18/h3-9H,10-11H2,1-2H3. The zero-order valence-corrected chi connectivity index (χ0v) is 13.7. The van der Waals surface area contributed by atoms with Gasteiger partial charge in [0.05, 0.1) is 11.4 Å². The first kappa shape index (κ1) is 14.1. The van der Waals surface area contributed by atoms with Gasteiger partial charge in [0.1, 0.15) is 12.4 Å². The van der Waals surface area contributed by atoms with Crippen LogP contribution in [0.2, 0.25) is 0 Å². The summed E-state index contributed by atoms with van der Waals surface area (Å²) in [6.45, 7) is 2.51. The van der Waals surface area contributed by atoms with Crippen molar-refractivity contribution >= 4 is 26.7 Å². The van der Waals surface area contributed by atoms with Crippen LogP contribution in [0.25, 0.3) is 10.8 Å². The number of rotatable bonds is 4. The molecular formula is C17H17BrN2O. The molecule has 0 fully saturated rings. The topological polar surface area (TPSA) is 27.1 Å². The van der Waals surface area contributed by atoms with Crippen LogP contribution in [-0.4, -0.2) is 9.78 Å². The summed E-state index contributed by atoms with van der Waals surface area (Å²) in [6, 6.07) is 14.6. The zero-order chi connectivity index (χ0) is 14.8. The summed E-state index contributed by atoms with van der Waals surface area (Å²) in [5.74, 6) is 0.921. The van der Waals surface area contributed by atoms with Gasteiger partial charge in [-0.15, -0.1) is 0 Å². The molecule has 1 aromatic heterocycles. The second kappa shape index (κ2) is 5.90. The van der Waals surface area contributed by atoms with Crippen molar-refractivity contribution < 1.29 is 4.74 Å². The van der Waals surface area contributed by atoms with Crippen molar-refractivity contribution in [1.82, 2.24) is 9.78 Å². The third-order valence-electron chi connectivity index (χ3n) is 3.61. The first-order valence-electron chi connectivity index (χ1n) is 6.88. The van der Waals surface area contributed by atoms with Gasteiger partial charge in [-0.2, -0.15) is 5.10 Å². The van der Waals surface area contributed by atoms with E-state index in [1.807, 2.05) is 24.7 Å². The van der Waals surface area contributed by atoms with Crippen molar-refractivity contribution in [3.8, 4) is 5.75 Å². The van der Waals surface area contributed by atoms with Crippen LogP contribution in [-0.2, 0) is 19.0 Å². The summed E-state index contributed by atoms with van der Waals surface area (Å²) < 4.78 is 7.89. The van der Waals surface area contributed by atoms with E-state index in [1.54, 1.807) is 0 Å². The number of hydrogen-bond acceptors (Lipinski definition) is 2. The Labute approximate surface area is 132 Å². The van der Waals surface area contributed by atoms with Crippen molar-refractivity contribution in [2.45, 2.75) is 18.9 Å². The smallest absolute Gasteiger partial charge is 0.130 e. The maximum atomic E-state index is 6.03. The SMILES string of the molecule is Cc1cc(COc2ccc3ccccc3c2CBr)n(C)n1. The summed E-state index contributed by atoms with van der Waals surface area (Å²) in [6.07, 6.45) is 0. The van der Waals surface area contributed by atoms with Crippen molar-refractivity contribution in [3.05, 3.63) is 59.4 Å². The van der Waals surface area contributed by atoms with Gasteiger partial charge in [-0.3, -0.25) is 4.68 Å². The highest BCUT2D eigenvalue weighted by molar-refractivity contribution is 9.08. The highest BCUT2D eigenvalue weighted by Crippen LogP contribution is 2.30. The van der Waals surface area contributed by atoms with E-state index < -0.39 is 0 Å². The Bertz CT molecular complexity index is 780. The summed E-state index contributed by atoms with van der Waals surface area (Å²) in [4.78, 5) is 0. The molecule has 0 aliphatic carbocycles. The molecule has 0 amide bonds. The molecule has 0 unspecified atom stereocenters. The second-order valence-electron chi connectivity index (χ2n) is 5.09. The van der Waals surface area contributed by atoms with Gasteiger partial charge >= 0.3 is 0 Å². The highest BCUT2D eigenvalue weighted by atomic mass is 79.9. The quantitative estimate of drug-likeness (QED) is 0.657. The Balaban J connectivity index is 1.91. The van der Waals surface area contributed by atoms with Crippen LogP contribution in [0.1, 0.15) is 17.0 Å². The first-order chi connectivity index (χ1) is 10.2. The van der Waals surface area contributed by atoms with Crippen LogP contribution < -0.4 is 4.74 Å². The maximum absolute atomic E-state index is 6.03. The van der Waals surface area contributed by atoms with E-state index in [2.05, 4.69) is 57.4 Å². The van der Waals surface area contributed by atoms with Gasteiger partial charge in [0.15, 0.2) is 0 Å². The van der Waals surface area contributed by atoms with Crippen molar-refractivity contribution in [3.63, 3.8) is 0 Å². The minimum absolute atomic E-state index is 0.523. The number of benzene rings is 2. The molecule has 4 heteroatoms. The van der Waals surface area contributed by atoms with Crippen LogP contribution in [0, 0.1) is 6.92 Å². The van der Waals surface area contributed by atoms with Gasteiger partial charge in [0.2, 0.25) is 0 Å². The normalized spacial score (nSPS) is 11.0. The molecule has 3 rings (SSSR count). The molecule has 0 spiro atoms. The third-order valence-corrected chi connectivity index (χ3v) is 4.17. The average molecular weight is 345 g/mol. The van der Waals surface area contributed by atoms with E-state index >= 15 is 0 Å². The molecule has 21 heavy (non-hydrogen) atoms. The van der Waals surface area contributed by atoms with E-state index in [1.165, 1.54) is 16.3 Å². The van der Waals surface area contributed by atoms with Crippen LogP contribution in [0.4, 0.5) is 0 Å². The minimum atomic E-state index is 0.523. The summed E-state index contributed by atoms with van der Waals surface area (Å²) >= 11 is 3.58. The molecule has 3 nitrogen and oxygen atoms in total. The fraction of sp³-hybridized carbons (Fsp3) is 0.235. The molecule has 2 aromatic carbocycles. The largest absolute Gasteiger partial charge is 0.487 e. The summed E-state index contributed by atoms with van der Waals surface area (Å²) in [7, 11) is 1.94. The fourth-order valence-corrected chi connectivity index (χ4v) is 3.12. The number of hydrogen-bond donors (Lipinski definition) is 0. The maximum Gasteiger partial charge on any atom is 0.130 e. The van der Waals surface area contributed by atoms with Crippen LogP contribution in [0.5, 0.6) is 5.75 Å². The van der Waals surface area contributed by atoms with Crippen molar-refractivity contribution in [2.24, 2.45) is 7.05 Å². The van der Waals surface area contributed by atoms with Crippen LogP contribution >= 0.6 is 15.9 Å². The number of aromatic nitrogens is 2. The Morgan fingerprint density at radius 3 is 2.71 bits per heavy atom. The van der Waals surface area contributed by atoms with Gasteiger partial charge in [0.25, 0.3) is 0 Å². The van der Waals surface area contributed by atoms with Crippen LogP contribution in [0.15, 0.2) is 42.5 Å². The highest BCUT2D eigenvalue weighted by Gasteiger charge is 2.09. The second-order valence-corrected chi connectivity index (χ2v) is 5.65. The van der Waals surface area contributed by atoms with Gasteiger partial charge in [-0.05, 0) is 29.8 Å². The summed E-state index contributed by atoms with van der Waals surface area (Å²) in [5, 5.41) is 7.58. The van der Waals surface area contributed by atoms with E-state index in [4.69, 9.17) is 4.74 Å². The van der Waals surface area contributed by atoms with E-state index in [0.717, 1.165) is 22.5 Å². The number of fused-ring (bicyclic) bond motifs is 1. The van der Waals surface area contributed by atoms with Crippen molar-refractivity contribution in [1.29, 1.82) is 0 Å². The lowest BCUT2D eigenvalue weighted by Gasteiger charge is -2.12. The molecule has 0 N–H and O–H groups in total. The zero-order valence-electron chi connectivity index (χ0n) is 12.1. The molecule has 108 valence electrons. The molecule has 0 bridgehead atoms. The Hall–Kier alpha value is -1.81. The van der Waals surface area contributed by atoms with E-state index in [9.17, 15) is 0 Å². The van der Waals surface area contributed by atoms with Crippen LogP contribution in [0.3, 0.4) is 0 Å². The number of aryl methyl sites for hydroxylation is 2. The predicted molar refractivity (Wildman–Crippen MR) is 88.9 cm³/mol. The Morgan fingerprint density at radius 1 is 1.19 bits per heavy atom. The predicted octanol–water partition coefficient (Wildman–Crippen LogP) is 4.36. The van der Waals surface area contributed by atoms with Gasteiger partial charge in [-0.1, -0.05) is 46.3 Å². The summed E-state index contributed by atoms with van der Waals surface area (Å²) in [5.41, 5.74) is 3.27. The average Bonchev–Trinajstić information content (AvgIpc) is 2.82. The Morgan fingerprint density at radius 2 is 2.00 bits per heavy atom. The molecule has 0 atom stereocenters. The minimum Gasteiger partial charge on any atom is -0.487 e. The molecule has 0 aliphatic rings. The molecule has 0 saturated carbocycles. The molecule has 0 radical (unpaired) electrons. The lowest BCUT2D eigenvalue weighted by Crippen LogP contribution is -2.04. The van der Waals surface area contributed by atoms with Crippen molar-refractivity contribution in [2.75, 3.05) is 0 Å².